The Bertz CT molecular complexity index is 850. The molecule has 2 aliphatic carbocycles. The van der Waals surface area contributed by atoms with E-state index in [1.807, 2.05) is 25.1 Å². The van der Waals surface area contributed by atoms with Crippen molar-refractivity contribution in [2.45, 2.75) is 64.6 Å². The molecular formula is C25H35NO6. The Balaban J connectivity index is 1.63. The number of ether oxygens (including phenoxy) is 3. The van der Waals surface area contributed by atoms with E-state index < -0.39 is 17.5 Å². The van der Waals surface area contributed by atoms with Crippen LogP contribution in [0.4, 0.5) is 0 Å². The maximum absolute atomic E-state index is 12.7. The number of esters is 1. The Morgan fingerprint density at radius 3 is 2.41 bits per heavy atom. The Morgan fingerprint density at radius 2 is 1.88 bits per heavy atom. The third kappa shape index (κ3) is 4.72. The van der Waals surface area contributed by atoms with Gasteiger partial charge in [-0.25, -0.2) is 0 Å². The molecule has 7 heteroatoms. The van der Waals surface area contributed by atoms with Gasteiger partial charge in [0.2, 0.25) is 0 Å². The molecule has 32 heavy (non-hydrogen) atoms. The molecule has 2 saturated carbocycles. The van der Waals surface area contributed by atoms with Crippen LogP contribution in [0.1, 0.15) is 57.9 Å². The smallest absolute Gasteiger partial charge is 0.303 e. The molecule has 3 fully saturated rings. The van der Waals surface area contributed by atoms with Gasteiger partial charge in [0.1, 0.15) is 17.6 Å². The summed E-state index contributed by atoms with van der Waals surface area (Å²) < 4.78 is 17.1. The van der Waals surface area contributed by atoms with E-state index in [4.69, 9.17) is 14.2 Å². The summed E-state index contributed by atoms with van der Waals surface area (Å²) in [6, 6.07) is 5.87. The Morgan fingerprint density at radius 1 is 1.22 bits per heavy atom. The van der Waals surface area contributed by atoms with E-state index in [0.717, 1.165) is 17.1 Å². The van der Waals surface area contributed by atoms with Crippen molar-refractivity contribution in [2.24, 2.45) is 17.3 Å². The van der Waals surface area contributed by atoms with E-state index in [1.54, 1.807) is 18.9 Å². The van der Waals surface area contributed by atoms with Crippen molar-refractivity contribution >= 4 is 11.9 Å². The van der Waals surface area contributed by atoms with Gasteiger partial charge in [-0.1, -0.05) is 13.0 Å². The van der Waals surface area contributed by atoms with Crippen molar-refractivity contribution in [1.82, 2.24) is 4.90 Å². The zero-order valence-corrected chi connectivity index (χ0v) is 19.5. The Kier molecular flexibility index (Phi) is 6.39. The quantitative estimate of drug-likeness (QED) is 0.588. The Hall–Kier alpha value is -2.28. The molecular weight excluding hydrogens is 410 g/mol. The van der Waals surface area contributed by atoms with Crippen LogP contribution in [0, 0.1) is 17.3 Å². The minimum absolute atomic E-state index is 0.122. The highest BCUT2D eigenvalue weighted by molar-refractivity contribution is 5.80. The van der Waals surface area contributed by atoms with E-state index in [0.29, 0.717) is 24.9 Å². The minimum Gasteiger partial charge on any atom is -0.497 e. The van der Waals surface area contributed by atoms with Gasteiger partial charge >= 0.3 is 5.97 Å². The predicted octanol–water partition coefficient (Wildman–Crippen LogP) is 3.14. The van der Waals surface area contributed by atoms with Crippen LogP contribution < -0.4 is 9.47 Å². The zero-order valence-electron chi connectivity index (χ0n) is 19.5. The van der Waals surface area contributed by atoms with Gasteiger partial charge in [-0.2, -0.15) is 0 Å². The number of carbonyl (C=O) groups excluding carboxylic acids is 2. The second-order valence-electron chi connectivity index (χ2n) is 9.95. The molecule has 1 aromatic rings. The summed E-state index contributed by atoms with van der Waals surface area (Å²) in [6.07, 6.45) is 4.45. The summed E-state index contributed by atoms with van der Waals surface area (Å²) in [5.41, 5.74) is 0.427. The largest absolute Gasteiger partial charge is 0.497 e. The molecule has 3 aliphatic rings. The molecule has 1 N–H and O–H groups in total. The lowest BCUT2D eigenvalue weighted by molar-refractivity contribution is -0.150. The van der Waals surface area contributed by atoms with Crippen molar-refractivity contribution in [3.8, 4) is 11.5 Å². The molecule has 4 rings (SSSR count). The van der Waals surface area contributed by atoms with Crippen LogP contribution >= 0.6 is 0 Å². The first-order valence-corrected chi connectivity index (χ1v) is 11.7. The molecule has 0 aromatic heterocycles. The van der Waals surface area contributed by atoms with Gasteiger partial charge in [0.05, 0.1) is 13.2 Å². The van der Waals surface area contributed by atoms with E-state index >= 15 is 0 Å². The molecule has 1 aromatic carbocycles. The summed E-state index contributed by atoms with van der Waals surface area (Å²) in [5.74, 6) is 1.91. The lowest BCUT2D eigenvalue weighted by Crippen LogP contribution is -2.39. The molecule has 0 bridgehead atoms. The summed E-state index contributed by atoms with van der Waals surface area (Å²) in [7, 11) is 1.64. The number of rotatable bonds is 9. The summed E-state index contributed by atoms with van der Waals surface area (Å²) in [4.78, 5) is 25.6. The first kappa shape index (κ1) is 22.9. The number of amides is 1. The molecule has 1 aliphatic heterocycles. The highest BCUT2D eigenvalue weighted by Gasteiger charge is 2.50. The fourth-order valence-electron chi connectivity index (χ4n) is 4.94. The fraction of sp³-hybridized carbons (Fsp3) is 0.680. The minimum atomic E-state index is -0.642. The molecule has 7 nitrogen and oxygen atoms in total. The number of likely N-dealkylation sites (tertiary alicyclic amines) is 1. The molecule has 0 spiro atoms. The van der Waals surface area contributed by atoms with Crippen molar-refractivity contribution in [1.29, 1.82) is 0 Å². The second kappa shape index (κ2) is 8.93. The number of hydrogen-bond donors (Lipinski definition) is 1. The number of aliphatic hydroxyl groups excluding tert-OH is 1. The normalized spacial score (nSPS) is 26.2. The topological polar surface area (TPSA) is 85.3 Å². The standard InChI is InChI=1S/C25H35NO6/c1-15(27)25(3)14-26(23(29)13-31-16(2)28)12-21(25)20-10-9-19(30-4)11-22(20)32-24(17-5-6-17)18-7-8-18/h9-11,15,17-18,21,24,27H,5-8,12-14H2,1-4H3/t15-,21-,25+/m1/s1. The van der Waals surface area contributed by atoms with Crippen LogP contribution in [0.5, 0.6) is 11.5 Å². The molecule has 1 heterocycles. The number of aliphatic hydroxyl groups is 1. The number of hydrogen-bond acceptors (Lipinski definition) is 6. The van der Waals surface area contributed by atoms with Gasteiger partial charge in [0.25, 0.3) is 5.91 Å². The number of benzene rings is 1. The number of methoxy groups -OCH3 is 1. The highest BCUT2D eigenvalue weighted by Crippen LogP contribution is 2.51. The van der Waals surface area contributed by atoms with Crippen LogP contribution in [-0.2, 0) is 14.3 Å². The third-order valence-corrected chi connectivity index (χ3v) is 7.47. The van der Waals surface area contributed by atoms with Crippen LogP contribution in [-0.4, -0.2) is 60.9 Å². The van der Waals surface area contributed by atoms with E-state index in [1.165, 1.54) is 32.6 Å². The van der Waals surface area contributed by atoms with Crippen molar-refractivity contribution in [3.63, 3.8) is 0 Å². The van der Waals surface area contributed by atoms with Gasteiger partial charge in [-0.3, -0.25) is 9.59 Å². The van der Waals surface area contributed by atoms with E-state index in [2.05, 4.69) is 0 Å². The highest BCUT2D eigenvalue weighted by atomic mass is 16.5. The first-order chi connectivity index (χ1) is 15.2. The number of nitrogens with zero attached hydrogens (tertiary/aromatic N) is 1. The average molecular weight is 446 g/mol. The van der Waals surface area contributed by atoms with Crippen LogP contribution in [0.15, 0.2) is 18.2 Å². The van der Waals surface area contributed by atoms with Gasteiger partial charge in [-0.05, 0) is 56.1 Å². The van der Waals surface area contributed by atoms with Crippen molar-refractivity contribution in [2.75, 3.05) is 26.8 Å². The molecule has 0 unspecified atom stereocenters. The van der Waals surface area contributed by atoms with Crippen LogP contribution in [0.2, 0.25) is 0 Å². The molecule has 3 atom stereocenters. The van der Waals surface area contributed by atoms with E-state index in [-0.39, 0.29) is 24.5 Å². The SMILES string of the molecule is COc1ccc([C@H]2CN(C(=O)COC(C)=O)C[C@@]2(C)[C@@H](C)O)c(OC(C2CC2)C2CC2)c1. The summed E-state index contributed by atoms with van der Waals surface area (Å²) >= 11 is 0. The molecule has 176 valence electrons. The van der Waals surface area contributed by atoms with Crippen molar-refractivity contribution < 1.29 is 28.9 Å². The van der Waals surface area contributed by atoms with Crippen molar-refractivity contribution in [3.05, 3.63) is 23.8 Å². The second-order valence-corrected chi connectivity index (χ2v) is 9.95. The fourth-order valence-corrected chi connectivity index (χ4v) is 4.94. The third-order valence-electron chi connectivity index (χ3n) is 7.47. The first-order valence-electron chi connectivity index (χ1n) is 11.7. The molecule has 1 amide bonds. The summed E-state index contributed by atoms with van der Waals surface area (Å²) in [6.45, 7) is 5.60. The predicted molar refractivity (Wildman–Crippen MR) is 119 cm³/mol. The summed E-state index contributed by atoms with van der Waals surface area (Å²) in [5, 5.41) is 10.7. The number of carbonyl (C=O) groups is 2. The average Bonchev–Trinajstić information content (AvgIpc) is 3.68. The van der Waals surface area contributed by atoms with Gasteiger partial charge in [-0.15, -0.1) is 0 Å². The lowest BCUT2D eigenvalue weighted by atomic mass is 9.72. The van der Waals surface area contributed by atoms with Gasteiger partial charge in [0, 0.05) is 37.4 Å². The lowest BCUT2D eigenvalue weighted by Gasteiger charge is -2.35. The van der Waals surface area contributed by atoms with Gasteiger partial charge in [0.15, 0.2) is 6.61 Å². The van der Waals surface area contributed by atoms with E-state index in [9.17, 15) is 14.7 Å². The van der Waals surface area contributed by atoms with Crippen LogP contribution in [0.3, 0.4) is 0 Å². The monoisotopic (exact) mass is 445 g/mol. The maximum atomic E-state index is 12.7. The Labute approximate surface area is 190 Å². The molecule has 1 saturated heterocycles. The van der Waals surface area contributed by atoms with Crippen LogP contribution in [0.25, 0.3) is 0 Å². The van der Waals surface area contributed by atoms with Gasteiger partial charge < -0.3 is 24.2 Å². The zero-order chi connectivity index (χ0) is 23.0. The maximum Gasteiger partial charge on any atom is 0.303 e. The molecule has 0 radical (unpaired) electrons.